The number of hydrogen-bond donors (Lipinski definition) is 2. The summed E-state index contributed by atoms with van der Waals surface area (Å²) in [6.07, 6.45) is 42.6. The van der Waals surface area contributed by atoms with E-state index in [9.17, 15) is 18.1 Å². The van der Waals surface area contributed by atoms with Gasteiger partial charge in [0.1, 0.15) is 10.6 Å². The molecule has 1 rings (SSSR count). The molecule has 2 N–H and O–H groups in total. The highest BCUT2D eigenvalue weighted by Crippen LogP contribution is 2.44. The molecule has 5 heteroatoms. The van der Waals surface area contributed by atoms with Gasteiger partial charge in [-0.05, 0) is 62.0 Å². The van der Waals surface area contributed by atoms with Crippen LogP contribution in [0.4, 0.5) is 0 Å². The largest absolute Gasteiger partial charge is 0.507 e. The van der Waals surface area contributed by atoms with Gasteiger partial charge in [0, 0.05) is 11.1 Å². The maximum atomic E-state index is 13.2. The predicted octanol–water partition coefficient (Wildman–Crippen LogP) is 15.9. The fourth-order valence-corrected chi connectivity index (χ4v) is 9.42. The molecule has 53 heavy (non-hydrogen) atoms. The normalized spacial score (nSPS) is 12.4. The lowest BCUT2D eigenvalue weighted by molar-refractivity contribution is 0.436. The van der Waals surface area contributed by atoms with Crippen molar-refractivity contribution in [2.75, 3.05) is 0 Å². The monoisotopic (exact) mass is 759 g/mol. The standard InChI is InChI=1S/C48H86O4S/c1-6-11-14-17-20-23-26-29-32-35-40-43-44(41-36-33-30-27-24-21-18-15-12-7-2)48(53(50,51)52)45(38-10-5)47(49)46(43)42(37-9-4)39-34-31-28-25-22-19-16-13-8-3/h9-10,42,49H,4-8,11-41H2,1-3H3,(H,50,51,52). The molecule has 0 saturated heterocycles. The maximum absolute atomic E-state index is 13.2. The molecule has 0 bridgehead atoms. The summed E-state index contributed by atoms with van der Waals surface area (Å²) >= 11 is 0. The highest BCUT2D eigenvalue weighted by Gasteiger charge is 2.31. The molecule has 0 radical (unpaired) electrons. The second-order valence-corrected chi connectivity index (χ2v) is 17.6. The van der Waals surface area contributed by atoms with Crippen LogP contribution in [-0.2, 0) is 29.4 Å². The fourth-order valence-electron chi connectivity index (χ4n) is 8.39. The second-order valence-electron chi connectivity index (χ2n) is 16.2. The Bertz CT molecular complexity index is 1170. The van der Waals surface area contributed by atoms with Crippen molar-refractivity contribution in [1.82, 2.24) is 0 Å². The van der Waals surface area contributed by atoms with Gasteiger partial charge >= 0.3 is 0 Å². The molecule has 0 aromatic heterocycles. The van der Waals surface area contributed by atoms with Crippen molar-refractivity contribution in [2.45, 2.75) is 250 Å². The zero-order valence-corrected chi connectivity index (χ0v) is 36.1. The smallest absolute Gasteiger partial charge is 0.295 e. The highest BCUT2D eigenvalue weighted by atomic mass is 32.2. The van der Waals surface area contributed by atoms with Crippen LogP contribution in [0.15, 0.2) is 30.2 Å². The highest BCUT2D eigenvalue weighted by molar-refractivity contribution is 7.86. The predicted molar refractivity (Wildman–Crippen MR) is 232 cm³/mol. The Morgan fingerprint density at radius 3 is 1.23 bits per heavy atom. The van der Waals surface area contributed by atoms with Crippen LogP contribution in [0.3, 0.4) is 0 Å². The zero-order chi connectivity index (χ0) is 39.0. The number of benzene rings is 1. The Balaban J connectivity index is 3.31. The first-order valence-corrected chi connectivity index (χ1v) is 24.3. The summed E-state index contributed by atoms with van der Waals surface area (Å²) in [5, 5.41) is 12.1. The van der Waals surface area contributed by atoms with E-state index in [2.05, 4.69) is 33.9 Å². The van der Waals surface area contributed by atoms with E-state index >= 15 is 0 Å². The van der Waals surface area contributed by atoms with Crippen LogP contribution in [0.2, 0.25) is 0 Å². The molecule has 308 valence electrons. The number of rotatable bonds is 38. The molecule has 0 aliphatic carbocycles. The topological polar surface area (TPSA) is 74.6 Å². The molecule has 1 aromatic carbocycles. The van der Waals surface area contributed by atoms with Crippen molar-refractivity contribution in [3.05, 3.63) is 47.6 Å². The van der Waals surface area contributed by atoms with Crippen LogP contribution in [0, 0.1) is 0 Å². The number of hydrogen-bond acceptors (Lipinski definition) is 3. The first-order valence-electron chi connectivity index (χ1n) is 22.9. The zero-order valence-electron chi connectivity index (χ0n) is 35.3. The molecule has 0 aliphatic rings. The maximum Gasteiger partial charge on any atom is 0.295 e. The molecule has 0 heterocycles. The minimum Gasteiger partial charge on any atom is -0.507 e. The summed E-state index contributed by atoms with van der Waals surface area (Å²) in [5.41, 5.74) is 2.99. The van der Waals surface area contributed by atoms with E-state index in [0.29, 0.717) is 12.0 Å². The molecule has 0 spiro atoms. The van der Waals surface area contributed by atoms with E-state index in [1.165, 1.54) is 148 Å². The number of allylic oxidation sites excluding steroid dienone is 2. The molecule has 0 amide bonds. The summed E-state index contributed by atoms with van der Waals surface area (Å²) in [6, 6.07) is 0. The minimum absolute atomic E-state index is 0.0444. The van der Waals surface area contributed by atoms with Gasteiger partial charge in [-0.2, -0.15) is 8.42 Å². The number of unbranched alkanes of at least 4 members (excludes halogenated alkanes) is 26. The summed E-state index contributed by atoms with van der Waals surface area (Å²) in [4.78, 5) is -0.0444. The van der Waals surface area contributed by atoms with Gasteiger partial charge in [0.05, 0.1) is 0 Å². The third kappa shape index (κ3) is 21.9. The first-order chi connectivity index (χ1) is 25.8. The van der Waals surface area contributed by atoms with E-state index in [1.54, 1.807) is 6.08 Å². The van der Waals surface area contributed by atoms with Gasteiger partial charge in [-0.1, -0.05) is 206 Å². The lowest BCUT2D eigenvalue weighted by atomic mass is 9.80. The van der Waals surface area contributed by atoms with E-state index in [-0.39, 0.29) is 23.0 Å². The van der Waals surface area contributed by atoms with Crippen LogP contribution >= 0.6 is 0 Å². The second kappa shape index (κ2) is 32.6. The number of phenolic OH excluding ortho intramolecular Hbond substituents is 1. The van der Waals surface area contributed by atoms with Gasteiger partial charge in [-0.3, -0.25) is 4.55 Å². The summed E-state index contributed by atoms with van der Waals surface area (Å²) in [5.74, 6) is 0.134. The fraction of sp³-hybridized carbons (Fsp3) is 0.792. The van der Waals surface area contributed by atoms with E-state index in [0.717, 1.165) is 74.5 Å². The van der Waals surface area contributed by atoms with Gasteiger partial charge < -0.3 is 5.11 Å². The number of phenols is 1. The summed E-state index contributed by atoms with van der Waals surface area (Å²) in [6.45, 7) is 14.8. The Morgan fingerprint density at radius 1 is 0.509 bits per heavy atom. The molecule has 1 aromatic rings. The summed E-state index contributed by atoms with van der Waals surface area (Å²) < 4.78 is 37.2. The molecule has 0 aliphatic heterocycles. The lowest BCUT2D eigenvalue weighted by Gasteiger charge is -2.27. The summed E-state index contributed by atoms with van der Waals surface area (Å²) in [7, 11) is -4.56. The van der Waals surface area contributed by atoms with Crippen LogP contribution in [0.5, 0.6) is 5.75 Å². The Morgan fingerprint density at radius 2 is 0.868 bits per heavy atom. The molecule has 0 saturated carbocycles. The molecule has 1 atom stereocenters. The van der Waals surface area contributed by atoms with Crippen molar-refractivity contribution >= 4 is 10.1 Å². The van der Waals surface area contributed by atoms with Crippen LogP contribution in [0.25, 0.3) is 0 Å². The van der Waals surface area contributed by atoms with Gasteiger partial charge in [0.15, 0.2) is 0 Å². The minimum atomic E-state index is -4.56. The van der Waals surface area contributed by atoms with Crippen molar-refractivity contribution in [2.24, 2.45) is 0 Å². The average Bonchev–Trinajstić information content (AvgIpc) is 3.13. The Hall–Kier alpha value is -1.59. The van der Waals surface area contributed by atoms with Crippen molar-refractivity contribution in [3.63, 3.8) is 0 Å². The molecule has 1 unspecified atom stereocenters. The number of aromatic hydroxyl groups is 1. The quantitative estimate of drug-likeness (QED) is 0.0400. The first kappa shape index (κ1) is 49.4. The molecular weight excluding hydrogens is 673 g/mol. The SMILES string of the molecule is C=CCc1c(O)c(C(CC=C)CCCCCCCCCCC)c(CCCCCCCCCCCC)c(CCCCCCCCCCCC)c1S(=O)(=O)O. The average molecular weight is 759 g/mol. The van der Waals surface area contributed by atoms with E-state index < -0.39 is 10.1 Å². The third-order valence-electron chi connectivity index (χ3n) is 11.5. The van der Waals surface area contributed by atoms with Gasteiger partial charge in [0.2, 0.25) is 0 Å². The third-order valence-corrected chi connectivity index (χ3v) is 12.5. The van der Waals surface area contributed by atoms with Crippen molar-refractivity contribution < 1.29 is 18.1 Å². The lowest BCUT2D eigenvalue weighted by Crippen LogP contribution is -2.16. The van der Waals surface area contributed by atoms with Crippen LogP contribution in [-0.4, -0.2) is 18.1 Å². The van der Waals surface area contributed by atoms with Crippen LogP contribution < -0.4 is 0 Å². The van der Waals surface area contributed by atoms with Gasteiger partial charge in [0.25, 0.3) is 10.1 Å². The Labute approximate surface area is 330 Å². The Kier molecular flexibility index (Phi) is 30.4. The molecular formula is C48H86O4S. The van der Waals surface area contributed by atoms with E-state index in [4.69, 9.17) is 0 Å². The van der Waals surface area contributed by atoms with Gasteiger partial charge in [-0.25, -0.2) is 0 Å². The van der Waals surface area contributed by atoms with Crippen molar-refractivity contribution in [1.29, 1.82) is 0 Å². The van der Waals surface area contributed by atoms with Crippen molar-refractivity contribution in [3.8, 4) is 5.75 Å². The van der Waals surface area contributed by atoms with Crippen LogP contribution in [0.1, 0.15) is 248 Å². The van der Waals surface area contributed by atoms with E-state index in [1.807, 2.05) is 6.08 Å². The molecule has 0 fully saturated rings. The molecule has 4 nitrogen and oxygen atoms in total. The van der Waals surface area contributed by atoms with Gasteiger partial charge in [-0.15, -0.1) is 13.2 Å².